The van der Waals surface area contributed by atoms with Crippen LogP contribution in [0.15, 0.2) is 52.3 Å². The van der Waals surface area contributed by atoms with Gasteiger partial charge in [-0.3, -0.25) is 0 Å². The summed E-state index contributed by atoms with van der Waals surface area (Å²) >= 11 is 0. The van der Waals surface area contributed by atoms with E-state index in [1.165, 1.54) is 42.7 Å². The van der Waals surface area contributed by atoms with Crippen LogP contribution in [-0.4, -0.2) is 83.2 Å². The Bertz CT molecular complexity index is 1390. The van der Waals surface area contributed by atoms with Crippen LogP contribution in [0.2, 0.25) is 0 Å². The number of methoxy groups -OCH3 is 1. The summed E-state index contributed by atoms with van der Waals surface area (Å²) < 4.78 is 80.4. The summed E-state index contributed by atoms with van der Waals surface area (Å²) in [7, 11) is -5.26. The van der Waals surface area contributed by atoms with E-state index >= 15 is 0 Å². The molecule has 1 aliphatic rings. The van der Waals surface area contributed by atoms with Gasteiger partial charge in [-0.15, -0.1) is 0 Å². The Balaban J connectivity index is 2.05. The molecule has 3 rings (SSSR count). The van der Waals surface area contributed by atoms with Crippen LogP contribution in [0, 0.1) is 23.6 Å². The number of halogens is 1. The van der Waals surface area contributed by atoms with Gasteiger partial charge in [-0.1, -0.05) is 24.8 Å². The second-order valence-corrected chi connectivity index (χ2v) is 12.8. The second-order valence-electron chi connectivity index (χ2n) is 8.88. The van der Waals surface area contributed by atoms with E-state index in [1.54, 1.807) is 19.9 Å². The number of nitrogens with zero attached hydrogens (tertiary/aromatic N) is 2. The van der Waals surface area contributed by atoms with Gasteiger partial charge >= 0.3 is 0 Å². The monoisotopic (exact) mass is 554 g/mol. The molecule has 0 aromatic heterocycles. The quantitative estimate of drug-likeness (QED) is 0.520. The number of sulfonamides is 2. The van der Waals surface area contributed by atoms with Crippen LogP contribution in [0.1, 0.15) is 19.4 Å². The van der Waals surface area contributed by atoms with E-state index < -0.39 is 50.5 Å². The van der Waals surface area contributed by atoms with Crippen molar-refractivity contribution >= 4 is 20.0 Å². The van der Waals surface area contributed by atoms with Crippen molar-refractivity contribution in [2.24, 2.45) is 5.92 Å². The fourth-order valence-electron chi connectivity index (χ4n) is 3.89. The molecule has 1 aliphatic heterocycles. The lowest BCUT2D eigenvalue weighted by atomic mass is 10.0. The number of aliphatic hydroxyl groups is 1. The Labute approximate surface area is 217 Å². The number of rotatable bonds is 7. The molecular weight excluding hydrogens is 523 g/mol. The molecule has 1 heterocycles. The average Bonchev–Trinajstić information content (AvgIpc) is 2.85. The van der Waals surface area contributed by atoms with Crippen LogP contribution in [0.5, 0.6) is 5.75 Å². The van der Waals surface area contributed by atoms with Crippen molar-refractivity contribution in [3.05, 3.63) is 53.8 Å². The van der Waals surface area contributed by atoms with Gasteiger partial charge in [0, 0.05) is 38.2 Å². The number of benzene rings is 2. The van der Waals surface area contributed by atoms with Crippen LogP contribution >= 0.6 is 0 Å². The van der Waals surface area contributed by atoms with Gasteiger partial charge in [0.1, 0.15) is 29.2 Å². The molecular formula is C25H31FN2O7S2. The first-order chi connectivity index (χ1) is 17.4. The molecule has 0 saturated carbocycles. The summed E-state index contributed by atoms with van der Waals surface area (Å²) in [4.78, 5) is -0.319. The first kappa shape index (κ1) is 29.0. The number of fused-ring (bicyclic) bond motifs is 1. The average molecular weight is 555 g/mol. The lowest BCUT2D eigenvalue weighted by Gasteiger charge is -2.37. The van der Waals surface area contributed by atoms with Crippen LogP contribution in [-0.2, 0) is 24.8 Å². The highest BCUT2D eigenvalue weighted by molar-refractivity contribution is 7.89. The van der Waals surface area contributed by atoms with Crippen LogP contribution in [0.25, 0.3) is 0 Å². The predicted molar refractivity (Wildman–Crippen MR) is 135 cm³/mol. The van der Waals surface area contributed by atoms with Crippen molar-refractivity contribution in [2.75, 3.05) is 40.5 Å². The Hall–Kier alpha value is -2.53. The zero-order chi connectivity index (χ0) is 27.4. The maximum absolute atomic E-state index is 13.7. The second kappa shape index (κ2) is 11.9. The first-order valence-corrected chi connectivity index (χ1v) is 14.4. The molecule has 0 saturated heterocycles. The highest BCUT2D eigenvalue weighted by atomic mass is 32.2. The van der Waals surface area contributed by atoms with Crippen molar-refractivity contribution in [3.8, 4) is 17.6 Å². The minimum absolute atomic E-state index is 0.0165. The smallest absolute Gasteiger partial charge is 0.247 e. The van der Waals surface area contributed by atoms with E-state index in [0.29, 0.717) is 5.56 Å². The molecule has 0 spiro atoms. The van der Waals surface area contributed by atoms with E-state index in [-0.39, 0.29) is 35.2 Å². The molecule has 0 unspecified atom stereocenters. The first-order valence-electron chi connectivity index (χ1n) is 11.5. The third-order valence-corrected chi connectivity index (χ3v) is 9.90. The maximum Gasteiger partial charge on any atom is 0.247 e. The van der Waals surface area contributed by atoms with Crippen molar-refractivity contribution in [2.45, 2.75) is 35.8 Å². The minimum atomic E-state index is -4.06. The van der Waals surface area contributed by atoms with Crippen LogP contribution in [0.4, 0.5) is 4.39 Å². The van der Waals surface area contributed by atoms with Crippen LogP contribution < -0.4 is 4.74 Å². The van der Waals surface area contributed by atoms with Gasteiger partial charge in [0.25, 0.3) is 0 Å². The molecule has 0 fully saturated rings. The Morgan fingerprint density at radius 1 is 1.30 bits per heavy atom. The molecule has 1 N–H and O–H groups in total. The number of likely N-dealkylation sites (N-methyl/N-ethyl adjacent to an activating group) is 1. The fraction of sp³-hybridized carbons (Fsp3) is 0.440. The molecule has 3 atom stereocenters. The highest BCUT2D eigenvalue weighted by Crippen LogP contribution is 2.34. The lowest BCUT2D eigenvalue weighted by molar-refractivity contribution is 0.0904. The van der Waals surface area contributed by atoms with Crippen molar-refractivity contribution in [3.63, 3.8) is 0 Å². The Morgan fingerprint density at radius 3 is 2.68 bits per heavy atom. The molecule has 12 heteroatoms. The standard InChI is InChI=1S/C25H31FN2O7S2/c1-18-15-28(19(2)17-29)37(32,33)25-11-10-20(7-6-12-34-4)13-23(25)35-24(18)16-27(3)36(30,31)22-9-5-8-21(26)14-22/h5,8-11,13-14,18-19,24,29H,12,15-17H2,1-4H3/t18-,19-,24-/m1/s1. The maximum atomic E-state index is 13.7. The fourth-order valence-corrected chi connectivity index (χ4v) is 6.93. The molecule has 37 heavy (non-hydrogen) atoms. The normalized spacial score (nSPS) is 20.6. The SMILES string of the molecule is COCC#Cc1ccc2c(c1)O[C@H](CN(C)S(=O)(=O)c1cccc(F)c1)[C@H](C)CN([C@H](C)CO)S2(=O)=O. The van der Waals surface area contributed by atoms with E-state index in [4.69, 9.17) is 9.47 Å². The molecule has 0 amide bonds. The summed E-state index contributed by atoms with van der Waals surface area (Å²) in [5.41, 5.74) is 0.487. The van der Waals surface area contributed by atoms with Crippen molar-refractivity contribution < 1.29 is 35.8 Å². The summed E-state index contributed by atoms with van der Waals surface area (Å²) in [5, 5.41) is 9.76. The van der Waals surface area contributed by atoms with E-state index in [9.17, 15) is 26.3 Å². The van der Waals surface area contributed by atoms with Gasteiger partial charge in [-0.2, -0.15) is 8.61 Å². The zero-order valence-electron chi connectivity index (χ0n) is 21.1. The molecule has 2 aromatic rings. The van der Waals surface area contributed by atoms with Gasteiger partial charge < -0.3 is 14.6 Å². The van der Waals surface area contributed by atoms with E-state index in [1.807, 2.05) is 0 Å². The summed E-state index contributed by atoms with van der Waals surface area (Å²) in [6.07, 6.45) is -0.779. The van der Waals surface area contributed by atoms with Gasteiger partial charge in [0.05, 0.1) is 18.0 Å². The molecule has 0 bridgehead atoms. The Morgan fingerprint density at radius 2 is 2.03 bits per heavy atom. The largest absolute Gasteiger partial charge is 0.487 e. The topological polar surface area (TPSA) is 113 Å². The van der Waals surface area contributed by atoms with Crippen molar-refractivity contribution in [1.29, 1.82) is 0 Å². The number of ether oxygens (including phenoxy) is 2. The number of aliphatic hydroxyl groups excluding tert-OH is 1. The van der Waals surface area contributed by atoms with E-state index in [2.05, 4.69) is 11.8 Å². The summed E-state index contributed by atoms with van der Waals surface area (Å²) in [6.45, 7) is 2.96. The lowest BCUT2D eigenvalue weighted by Crippen LogP contribution is -2.50. The molecule has 2 aromatic carbocycles. The van der Waals surface area contributed by atoms with Gasteiger partial charge in [0.15, 0.2) is 0 Å². The van der Waals surface area contributed by atoms with Gasteiger partial charge in [-0.25, -0.2) is 21.2 Å². The molecule has 0 radical (unpaired) electrons. The zero-order valence-corrected chi connectivity index (χ0v) is 22.7. The highest BCUT2D eigenvalue weighted by Gasteiger charge is 2.39. The van der Waals surface area contributed by atoms with Crippen LogP contribution in [0.3, 0.4) is 0 Å². The molecule has 0 aliphatic carbocycles. The van der Waals surface area contributed by atoms with Gasteiger partial charge in [0.2, 0.25) is 20.0 Å². The third-order valence-electron chi connectivity index (χ3n) is 6.06. The summed E-state index contributed by atoms with van der Waals surface area (Å²) in [5.74, 6) is 4.53. The minimum Gasteiger partial charge on any atom is -0.487 e. The number of hydrogen-bond acceptors (Lipinski definition) is 7. The van der Waals surface area contributed by atoms with Crippen molar-refractivity contribution in [1.82, 2.24) is 8.61 Å². The van der Waals surface area contributed by atoms with Gasteiger partial charge in [-0.05, 0) is 43.3 Å². The number of hydrogen-bond donors (Lipinski definition) is 1. The Kier molecular flexibility index (Phi) is 9.33. The molecule has 9 nitrogen and oxygen atoms in total. The predicted octanol–water partition coefficient (Wildman–Crippen LogP) is 1.91. The summed E-state index contributed by atoms with van der Waals surface area (Å²) in [6, 6.07) is 8.40. The van der Waals surface area contributed by atoms with E-state index in [0.717, 1.165) is 16.4 Å². The third kappa shape index (κ3) is 6.49. The molecule has 202 valence electrons.